The van der Waals surface area contributed by atoms with Crippen molar-refractivity contribution >= 4 is 17.5 Å². The number of carbonyl (C=O) groups excluding carboxylic acids is 2. The zero-order chi connectivity index (χ0) is 22.1. The number of benzene rings is 2. The summed E-state index contributed by atoms with van der Waals surface area (Å²) in [5.41, 5.74) is 2.29. The molecule has 0 atom stereocenters. The highest BCUT2D eigenvalue weighted by atomic mass is 16.5. The highest BCUT2D eigenvalue weighted by molar-refractivity contribution is 5.96. The van der Waals surface area contributed by atoms with Crippen molar-refractivity contribution in [3.8, 4) is 11.5 Å². The van der Waals surface area contributed by atoms with E-state index in [9.17, 15) is 9.59 Å². The van der Waals surface area contributed by atoms with Crippen molar-refractivity contribution in [1.29, 1.82) is 0 Å². The zero-order valence-corrected chi connectivity index (χ0v) is 18.4. The summed E-state index contributed by atoms with van der Waals surface area (Å²) in [7, 11) is 5.07. The summed E-state index contributed by atoms with van der Waals surface area (Å²) < 4.78 is 10.6. The van der Waals surface area contributed by atoms with Gasteiger partial charge in [-0.15, -0.1) is 0 Å². The summed E-state index contributed by atoms with van der Waals surface area (Å²) in [6.45, 7) is 6.06. The van der Waals surface area contributed by atoms with Crippen LogP contribution in [0, 0.1) is 0 Å². The van der Waals surface area contributed by atoms with Crippen LogP contribution >= 0.6 is 0 Å². The van der Waals surface area contributed by atoms with Crippen LogP contribution in [0.3, 0.4) is 0 Å². The molecule has 1 N–H and O–H groups in total. The fourth-order valence-corrected chi connectivity index (χ4v) is 3.18. The average molecular weight is 414 g/mol. The molecule has 162 valence electrons. The van der Waals surface area contributed by atoms with E-state index >= 15 is 0 Å². The fourth-order valence-electron chi connectivity index (χ4n) is 3.18. The van der Waals surface area contributed by atoms with E-state index in [2.05, 4.69) is 5.32 Å². The highest BCUT2D eigenvalue weighted by Gasteiger charge is 2.13. The Bertz CT molecular complexity index is 848. The van der Waals surface area contributed by atoms with Crippen LogP contribution in [0.2, 0.25) is 0 Å². The van der Waals surface area contributed by atoms with Crippen molar-refractivity contribution in [2.45, 2.75) is 20.4 Å². The van der Waals surface area contributed by atoms with Gasteiger partial charge in [0, 0.05) is 30.9 Å². The third-order valence-corrected chi connectivity index (χ3v) is 4.78. The van der Waals surface area contributed by atoms with Crippen molar-refractivity contribution < 1.29 is 19.1 Å². The van der Waals surface area contributed by atoms with Crippen LogP contribution in [0.5, 0.6) is 11.5 Å². The Morgan fingerprint density at radius 2 is 1.57 bits per heavy atom. The first-order valence-electron chi connectivity index (χ1n) is 10.00. The number of ether oxygens (including phenoxy) is 2. The molecular formula is C23H31N3O4. The van der Waals surface area contributed by atoms with Gasteiger partial charge in [0.1, 0.15) is 0 Å². The van der Waals surface area contributed by atoms with Gasteiger partial charge >= 0.3 is 0 Å². The van der Waals surface area contributed by atoms with Crippen LogP contribution in [-0.4, -0.2) is 62.5 Å². The van der Waals surface area contributed by atoms with Crippen LogP contribution < -0.4 is 14.8 Å². The Labute approximate surface area is 178 Å². The first-order valence-corrected chi connectivity index (χ1v) is 10.00. The number of carbonyl (C=O) groups is 2. The lowest BCUT2D eigenvalue weighted by Gasteiger charge is -2.19. The Morgan fingerprint density at radius 1 is 0.933 bits per heavy atom. The Morgan fingerprint density at radius 3 is 2.13 bits per heavy atom. The van der Waals surface area contributed by atoms with Gasteiger partial charge in [-0.25, -0.2) is 0 Å². The first kappa shape index (κ1) is 23.2. The van der Waals surface area contributed by atoms with E-state index in [0.717, 1.165) is 5.56 Å². The van der Waals surface area contributed by atoms with Gasteiger partial charge in [0.05, 0.1) is 20.8 Å². The molecule has 2 amide bonds. The number of hydrogen-bond acceptors (Lipinski definition) is 5. The zero-order valence-electron chi connectivity index (χ0n) is 18.4. The number of anilines is 1. The lowest BCUT2D eigenvalue weighted by Crippen LogP contribution is -2.30. The molecule has 2 rings (SSSR count). The van der Waals surface area contributed by atoms with Crippen LogP contribution in [0.15, 0.2) is 42.5 Å². The smallest absolute Gasteiger partial charge is 0.253 e. The third kappa shape index (κ3) is 6.22. The minimum atomic E-state index is -0.124. The molecule has 0 fully saturated rings. The van der Waals surface area contributed by atoms with Crippen LogP contribution in [0.1, 0.15) is 29.8 Å². The topological polar surface area (TPSA) is 71.1 Å². The molecule has 0 saturated heterocycles. The van der Waals surface area contributed by atoms with E-state index < -0.39 is 0 Å². The number of methoxy groups -OCH3 is 2. The Kier molecular flexibility index (Phi) is 8.68. The summed E-state index contributed by atoms with van der Waals surface area (Å²) >= 11 is 0. The standard InChI is InChI=1S/C23H31N3O4/c1-6-26(7-2)23(28)18-9-11-19(12-10-18)24-22(27)16-25(3)15-17-8-13-20(29-4)21(14-17)30-5/h8-14H,6-7,15-16H2,1-5H3,(H,24,27). The molecule has 0 heterocycles. The summed E-state index contributed by atoms with van der Waals surface area (Å²) in [6, 6.07) is 12.7. The highest BCUT2D eigenvalue weighted by Crippen LogP contribution is 2.27. The number of likely N-dealkylation sites (N-methyl/N-ethyl adjacent to an activating group) is 1. The number of nitrogens with zero attached hydrogens (tertiary/aromatic N) is 2. The van der Waals surface area contributed by atoms with E-state index in [1.54, 1.807) is 43.4 Å². The second-order valence-corrected chi connectivity index (χ2v) is 6.96. The lowest BCUT2D eigenvalue weighted by molar-refractivity contribution is -0.117. The van der Waals surface area contributed by atoms with Crippen LogP contribution in [-0.2, 0) is 11.3 Å². The van der Waals surface area contributed by atoms with Crippen molar-refractivity contribution in [3.63, 3.8) is 0 Å². The first-order chi connectivity index (χ1) is 14.4. The van der Waals surface area contributed by atoms with Crippen LogP contribution in [0.25, 0.3) is 0 Å². The fraction of sp³-hybridized carbons (Fsp3) is 0.391. The van der Waals surface area contributed by atoms with Gasteiger partial charge in [0.2, 0.25) is 5.91 Å². The molecule has 7 nitrogen and oxygen atoms in total. The predicted molar refractivity (Wildman–Crippen MR) is 118 cm³/mol. The Hall–Kier alpha value is -3.06. The van der Waals surface area contributed by atoms with E-state index in [0.29, 0.717) is 42.4 Å². The second-order valence-electron chi connectivity index (χ2n) is 6.96. The van der Waals surface area contributed by atoms with E-state index in [4.69, 9.17) is 9.47 Å². The van der Waals surface area contributed by atoms with Crippen molar-refractivity contribution in [2.24, 2.45) is 0 Å². The van der Waals surface area contributed by atoms with Gasteiger partial charge in [0.15, 0.2) is 11.5 Å². The summed E-state index contributed by atoms with van der Waals surface area (Å²) in [5, 5.41) is 2.87. The van der Waals surface area contributed by atoms with Gasteiger partial charge in [-0.3, -0.25) is 14.5 Å². The normalized spacial score (nSPS) is 10.6. The van der Waals surface area contributed by atoms with Crippen molar-refractivity contribution in [1.82, 2.24) is 9.80 Å². The predicted octanol–water partition coefficient (Wildman–Crippen LogP) is 3.26. The monoisotopic (exact) mass is 413 g/mol. The molecule has 7 heteroatoms. The number of nitrogens with one attached hydrogen (secondary N) is 1. The van der Waals surface area contributed by atoms with Crippen molar-refractivity contribution in [3.05, 3.63) is 53.6 Å². The third-order valence-electron chi connectivity index (χ3n) is 4.78. The number of rotatable bonds is 10. The van der Waals surface area contributed by atoms with Gasteiger partial charge in [-0.05, 0) is 62.9 Å². The minimum absolute atomic E-state index is 0.00692. The largest absolute Gasteiger partial charge is 0.493 e. The maximum absolute atomic E-state index is 12.4. The quantitative estimate of drug-likeness (QED) is 0.647. The van der Waals surface area contributed by atoms with E-state index in [-0.39, 0.29) is 18.4 Å². The van der Waals surface area contributed by atoms with Gasteiger partial charge in [-0.2, -0.15) is 0 Å². The average Bonchev–Trinajstić information content (AvgIpc) is 2.74. The molecule has 0 aliphatic carbocycles. The number of amides is 2. The van der Waals surface area contributed by atoms with Gasteiger partial charge < -0.3 is 19.7 Å². The molecule has 0 aliphatic heterocycles. The second kappa shape index (κ2) is 11.2. The molecule has 0 spiro atoms. The molecule has 0 aromatic heterocycles. The molecule has 2 aromatic carbocycles. The van der Waals surface area contributed by atoms with Gasteiger partial charge in [-0.1, -0.05) is 6.07 Å². The van der Waals surface area contributed by atoms with Gasteiger partial charge in [0.25, 0.3) is 5.91 Å². The minimum Gasteiger partial charge on any atom is -0.493 e. The molecule has 0 radical (unpaired) electrons. The van der Waals surface area contributed by atoms with Crippen LogP contribution in [0.4, 0.5) is 5.69 Å². The Balaban J connectivity index is 1.91. The van der Waals surface area contributed by atoms with Crippen molar-refractivity contribution in [2.75, 3.05) is 46.2 Å². The molecule has 0 bridgehead atoms. The number of hydrogen-bond donors (Lipinski definition) is 1. The molecule has 0 aliphatic rings. The van der Waals surface area contributed by atoms with E-state index in [1.807, 2.05) is 44.0 Å². The maximum Gasteiger partial charge on any atom is 0.253 e. The molecular weight excluding hydrogens is 382 g/mol. The maximum atomic E-state index is 12.4. The lowest BCUT2D eigenvalue weighted by atomic mass is 10.1. The summed E-state index contributed by atoms with van der Waals surface area (Å²) in [6.07, 6.45) is 0. The molecule has 0 unspecified atom stereocenters. The van der Waals surface area contributed by atoms with E-state index in [1.165, 1.54) is 0 Å². The summed E-state index contributed by atoms with van der Waals surface area (Å²) in [5.74, 6) is 1.20. The SMILES string of the molecule is CCN(CC)C(=O)c1ccc(NC(=O)CN(C)Cc2ccc(OC)c(OC)c2)cc1. The summed E-state index contributed by atoms with van der Waals surface area (Å²) in [4.78, 5) is 28.4. The molecule has 2 aromatic rings. The molecule has 30 heavy (non-hydrogen) atoms. The molecule has 0 saturated carbocycles.